The number of thiazole rings is 1. The van der Waals surface area contributed by atoms with Crippen LogP contribution in [0.4, 0.5) is 0 Å². The molecule has 1 unspecified atom stereocenters. The summed E-state index contributed by atoms with van der Waals surface area (Å²) in [6.07, 6.45) is 3.68. The molecule has 2 aromatic heterocycles. The number of likely N-dealkylation sites (tertiary alicyclic amines) is 1. The maximum Gasteiger partial charge on any atom is 0.271 e. The van der Waals surface area contributed by atoms with Gasteiger partial charge in [0.1, 0.15) is 11.3 Å². The molecule has 1 atom stereocenters. The Balaban J connectivity index is 1.58. The largest absolute Gasteiger partial charge is 0.497 e. The SMILES string of the molecule is COc1cccc(C(CNC(=O)c2cnc3sc(C)c(C)n3c2=O)N2CCCC2)c1. The molecule has 1 N–H and O–H groups in total. The van der Waals surface area contributed by atoms with Gasteiger partial charge in [-0.05, 0) is 57.5 Å². The Kier molecular flexibility index (Phi) is 5.87. The van der Waals surface area contributed by atoms with Crippen LogP contribution in [0.15, 0.2) is 35.3 Å². The Morgan fingerprint density at radius 1 is 1.30 bits per heavy atom. The summed E-state index contributed by atoms with van der Waals surface area (Å²) in [6.45, 7) is 6.21. The number of carbonyl (C=O) groups excluding carboxylic acids is 1. The molecule has 3 aromatic rings. The summed E-state index contributed by atoms with van der Waals surface area (Å²) in [5.74, 6) is 0.400. The first-order valence-corrected chi connectivity index (χ1v) is 10.9. The zero-order valence-corrected chi connectivity index (χ0v) is 18.3. The van der Waals surface area contributed by atoms with E-state index in [0.717, 1.165) is 47.8 Å². The number of nitrogens with one attached hydrogen (secondary N) is 1. The quantitative estimate of drug-likeness (QED) is 0.656. The number of aromatic nitrogens is 2. The van der Waals surface area contributed by atoms with E-state index in [-0.39, 0.29) is 17.2 Å². The van der Waals surface area contributed by atoms with Crippen molar-refractivity contribution in [3.05, 3.63) is 62.5 Å². The third kappa shape index (κ3) is 3.85. The number of hydrogen-bond acceptors (Lipinski definition) is 6. The molecule has 0 radical (unpaired) electrons. The van der Waals surface area contributed by atoms with Crippen LogP contribution in [0.2, 0.25) is 0 Å². The van der Waals surface area contributed by atoms with Crippen molar-refractivity contribution in [2.75, 3.05) is 26.7 Å². The first-order valence-electron chi connectivity index (χ1n) is 10.1. The number of ether oxygens (including phenoxy) is 1. The van der Waals surface area contributed by atoms with Crippen molar-refractivity contribution in [1.29, 1.82) is 0 Å². The molecule has 0 spiro atoms. The second kappa shape index (κ2) is 8.57. The molecule has 1 fully saturated rings. The van der Waals surface area contributed by atoms with Gasteiger partial charge in [-0.25, -0.2) is 4.98 Å². The van der Waals surface area contributed by atoms with Gasteiger partial charge in [-0.3, -0.25) is 18.9 Å². The molecule has 8 heteroatoms. The number of benzene rings is 1. The van der Waals surface area contributed by atoms with Crippen LogP contribution in [0, 0.1) is 13.8 Å². The van der Waals surface area contributed by atoms with Crippen LogP contribution >= 0.6 is 11.3 Å². The fraction of sp³-hybridized carbons (Fsp3) is 0.409. The molecule has 1 aliphatic rings. The molecular formula is C22H26N4O3S. The summed E-state index contributed by atoms with van der Waals surface area (Å²) < 4.78 is 6.90. The number of fused-ring (bicyclic) bond motifs is 1. The Hall–Kier alpha value is -2.71. The van der Waals surface area contributed by atoms with Crippen LogP contribution in [-0.2, 0) is 0 Å². The summed E-state index contributed by atoms with van der Waals surface area (Å²) in [5, 5.41) is 2.97. The topological polar surface area (TPSA) is 75.9 Å². The number of methoxy groups -OCH3 is 1. The minimum atomic E-state index is -0.391. The van der Waals surface area contributed by atoms with Crippen LogP contribution < -0.4 is 15.6 Å². The lowest BCUT2D eigenvalue weighted by atomic mass is 10.0. The van der Waals surface area contributed by atoms with Crippen LogP contribution in [0.1, 0.15) is 45.4 Å². The highest BCUT2D eigenvalue weighted by Gasteiger charge is 2.25. The number of rotatable bonds is 6. The van der Waals surface area contributed by atoms with E-state index in [2.05, 4.69) is 21.3 Å². The fourth-order valence-corrected chi connectivity index (χ4v) is 4.91. The van der Waals surface area contributed by atoms with Gasteiger partial charge in [-0.15, -0.1) is 11.3 Å². The van der Waals surface area contributed by atoms with Gasteiger partial charge in [0.15, 0.2) is 4.96 Å². The Morgan fingerprint density at radius 3 is 2.80 bits per heavy atom. The highest BCUT2D eigenvalue weighted by atomic mass is 32.1. The third-order valence-corrected chi connectivity index (χ3v) is 6.85. The second-order valence-corrected chi connectivity index (χ2v) is 8.77. The van der Waals surface area contributed by atoms with Crippen LogP contribution in [0.5, 0.6) is 5.75 Å². The second-order valence-electron chi connectivity index (χ2n) is 7.58. The molecule has 0 saturated carbocycles. The van der Waals surface area contributed by atoms with Crippen molar-refractivity contribution in [1.82, 2.24) is 19.6 Å². The van der Waals surface area contributed by atoms with E-state index in [4.69, 9.17) is 4.74 Å². The lowest BCUT2D eigenvalue weighted by Gasteiger charge is -2.28. The number of hydrogen-bond donors (Lipinski definition) is 1. The van der Waals surface area contributed by atoms with Gasteiger partial charge < -0.3 is 10.1 Å². The molecule has 7 nitrogen and oxygen atoms in total. The highest BCUT2D eigenvalue weighted by molar-refractivity contribution is 7.17. The average Bonchev–Trinajstić information content (AvgIpc) is 3.37. The predicted molar refractivity (Wildman–Crippen MR) is 118 cm³/mol. The molecule has 3 heterocycles. The van der Waals surface area contributed by atoms with Gasteiger partial charge in [0.2, 0.25) is 0 Å². The van der Waals surface area contributed by atoms with Gasteiger partial charge in [-0.2, -0.15) is 0 Å². The van der Waals surface area contributed by atoms with Gasteiger partial charge in [0, 0.05) is 23.3 Å². The van der Waals surface area contributed by atoms with Gasteiger partial charge in [0.25, 0.3) is 11.5 Å². The molecular weight excluding hydrogens is 400 g/mol. The molecule has 158 valence electrons. The molecule has 30 heavy (non-hydrogen) atoms. The number of nitrogens with zero attached hydrogens (tertiary/aromatic N) is 3. The zero-order chi connectivity index (χ0) is 21.3. The lowest BCUT2D eigenvalue weighted by Crippen LogP contribution is -2.39. The fourth-order valence-electron chi connectivity index (χ4n) is 3.98. The van der Waals surface area contributed by atoms with Crippen molar-refractivity contribution < 1.29 is 9.53 Å². The number of amides is 1. The van der Waals surface area contributed by atoms with Gasteiger partial charge >= 0.3 is 0 Å². The Labute approximate surface area is 179 Å². The minimum Gasteiger partial charge on any atom is -0.497 e. The summed E-state index contributed by atoms with van der Waals surface area (Å²) in [6, 6.07) is 7.96. The van der Waals surface area contributed by atoms with Crippen LogP contribution in [0.25, 0.3) is 4.96 Å². The summed E-state index contributed by atoms with van der Waals surface area (Å²) in [4.78, 5) is 34.1. The normalized spacial score (nSPS) is 15.4. The summed E-state index contributed by atoms with van der Waals surface area (Å²) >= 11 is 1.45. The average molecular weight is 427 g/mol. The van der Waals surface area contributed by atoms with E-state index in [1.807, 2.05) is 32.0 Å². The molecule has 0 bridgehead atoms. The first-order chi connectivity index (χ1) is 14.5. The molecule has 1 aliphatic heterocycles. The lowest BCUT2D eigenvalue weighted by molar-refractivity contribution is 0.0936. The number of carbonyl (C=O) groups is 1. The van der Waals surface area contributed by atoms with E-state index < -0.39 is 5.91 Å². The highest BCUT2D eigenvalue weighted by Crippen LogP contribution is 2.27. The standard InChI is InChI=1S/C22H26N4O3S/c1-14-15(2)30-22-24-12-18(21(28)26(14)22)20(27)23-13-19(25-9-4-5-10-25)16-7-6-8-17(11-16)29-3/h6-8,11-12,19H,4-5,9-10,13H2,1-3H3,(H,23,27). The van der Waals surface area contributed by atoms with Crippen LogP contribution in [0.3, 0.4) is 0 Å². The van der Waals surface area contributed by atoms with E-state index in [9.17, 15) is 9.59 Å². The van der Waals surface area contributed by atoms with Crippen molar-refractivity contribution in [3.8, 4) is 5.75 Å². The molecule has 1 amide bonds. The summed E-state index contributed by atoms with van der Waals surface area (Å²) in [7, 11) is 1.65. The van der Waals surface area contributed by atoms with E-state index >= 15 is 0 Å². The maximum absolute atomic E-state index is 12.9. The molecule has 1 aromatic carbocycles. The van der Waals surface area contributed by atoms with Crippen molar-refractivity contribution in [3.63, 3.8) is 0 Å². The zero-order valence-electron chi connectivity index (χ0n) is 17.5. The summed E-state index contributed by atoms with van der Waals surface area (Å²) in [5.41, 5.74) is 1.66. The van der Waals surface area contributed by atoms with Crippen molar-refractivity contribution in [2.45, 2.75) is 32.7 Å². The van der Waals surface area contributed by atoms with Gasteiger partial charge in [-0.1, -0.05) is 12.1 Å². The van der Waals surface area contributed by atoms with E-state index in [1.54, 1.807) is 7.11 Å². The van der Waals surface area contributed by atoms with Crippen LogP contribution in [-0.4, -0.2) is 46.9 Å². The van der Waals surface area contributed by atoms with E-state index in [0.29, 0.717) is 11.5 Å². The van der Waals surface area contributed by atoms with Crippen molar-refractivity contribution >= 4 is 22.2 Å². The van der Waals surface area contributed by atoms with E-state index in [1.165, 1.54) is 21.9 Å². The van der Waals surface area contributed by atoms with Gasteiger partial charge in [0.05, 0.1) is 13.2 Å². The maximum atomic E-state index is 12.9. The minimum absolute atomic E-state index is 0.0242. The smallest absolute Gasteiger partial charge is 0.271 e. The Morgan fingerprint density at radius 2 is 2.07 bits per heavy atom. The Bertz CT molecular complexity index is 1130. The number of aryl methyl sites for hydroxylation is 2. The molecule has 1 saturated heterocycles. The monoisotopic (exact) mass is 426 g/mol. The van der Waals surface area contributed by atoms with Crippen molar-refractivity contribution in [2.24, 2.45) is 0 Å². The first kappa shape index (κ1) is 20.6. The molecule has 4 rings (SSSR count). The molecule has 0 aliphatic carbocycles. The predicted octanol–water partition coefficient (Wildman–Crippen LogP) is 2.95. The third-order valence-electron chi connectivity index (χ3n) is 5.78.